The van der Waals surface area contributed by atoms with Gasteiger partial charge in [-0.1, -0.05) is 0 Å². The van der Waals surface area contributed by atoms with Gasteiger partial charge in [0.2, 0.25) is 0 Å². The molecule has 1 aromatic heterocycles. The van der Waals surface area contributed by atoms with Crippen LogP contribution >= 0.6 is 27.3 Å². The van der Waals surface area contributed by atoms with Crippen LogP contribution in [0.4, 0.5) is 15.2 Å². The van der Waals surface area contributed by atoms with E-state index in [1.165, 1.54) is 12.3 Å². The molecule has 2 aromatic rings. The van der Waals surface area contributed by atoms with Gasteiger partial charge in [-0.2, -0.15) is 0 Å². The molecule has 3 N–H and O–H groups in total. The summed E-state index contributed by atoms with van der Waals surface area (Å²) in [5.74, 6) is -0.895. The first-order valence-electron chi connectivity index (χ1n) is 4.57. The second-order valence-corrected chi connectivity index (χ2v) is 6.66. The quantitative estimate of drug-likeness (QED) is 0.831. The van der Waals surface area contributed by atoms with Gasteiger partial charge in [0.05, 0.1) is 4.47 Å². The minimum Gasteiger partial charge on any atom is -0.399 e. The number of anilines is 2. The molecule has 0 atom stereocenters. The number of hydrogen-bond acceptors (Lipinski definition) is 5. The summed E-state index contributed by atoms with van der Waals surface area (Å²) in [7, 11) is -4.05. The van der Waals surface area contributed by atoms with Gasteiger partial charge < -0.3 is 5.73 Å². The van der Waals surface area contributed by atoms with E-state index in [1.54, 1.807) is 5.38 Å². The van der Waals surface area contributed by atoms with Gasteiger partial charge in [0.25, 0.3) is 10.0 Å². The van der Waals surface area contributed by atoms with Crippen molar-refractivity contribution in [3.8, 4) is 0 Å². The highest BCUT2D eigenvalue weighted by atomic mass is 79.9. The number of rotatable bonds is 3. The second-order valence-electron chi connectivity index (χ2n) is 3.26. The molecule has 5 nitrogen and oxygen atoms in total. The van der Waals surface area contributed by atoms with Crippen LogP contribution in [0, 0.1) is 5.82 Å². The van der Waals surface area contributed by atoms with Crippen molar-refractivity contribution in [2.24, 2.45) is 0 Å². The van der Waals surface area contributed by atoms with Crippen LogP contribution in [0.3, 0.4) is 0 Å². The smallest absolute Gasteiger partial charge is 0.266 e. The normalized spacial score (nSPS) is 11.4. The zero-order valence-electron chi connectivity index (χ0n) is 8.72. The highest BCUT2D eigenvalue weighted by Crippen LogP contribution is 2.27. The van der Waals surface area contributed by atoms with Crippen molar-refractivity contribution >= 4 is 48.1 Å². The lowest BCUT2D eigenvalue weighted by atomic mass is 10.3. The Bertz CT molecular complexity index is 673. The molecule has 0 amide bonds. The molecular formula is C9H7BrFN3O2S2. The van der Waals surface area contributed by atoms with Gasteiger partial charge in [0.15, 0.2) is 10.9 Å². The van der Waals surface area contributed by atoms with E-state index < -0.39 is 20.7 Å². The van der Waals surface area contributed by atoms with Crippen molar-refractivity contribution in [2.75, 3.05) is 10.5 Å². The molecule has 96 valence electrons. The van der Waals surface area contributed by atoms with Crippen LogP contribution in [0.5, 0.6) is 0 Å². The third kappa shape index (κ3) is 2.62. The lowest BCUT2D eigenvalue weighted by molar-refractivity contribution is 0.567. The molecule has 0 aliphatic carbocycles. The molecule has 0 saturated heterocycles. The molecule has 0 saturated carbocycles. The monoisotopic (exact) mass is 351 g/mol. The van der Waals surface area contributed by atoms with Crippen LogP contribution in [0.15, 0.2) is 33.1 Å². The number of thiazole rings is 1. The van der Waals surface area contributed by atoms with Crippen molar-refractivity contribution in [1.29, 1.82) is 0 Å². The molecule has 18 heavy (non-hydrogen) atoms. The minimum atomic E-state index is -4.05. The predicted molar refractivity (Wildman–Crippen MR) is 71.4 cm³/mol. The third-order valence-corrected chi connectivity index (χ3v) is 4.69. The standard InChI is InChI=1S/C9H7BrFN3O2S2/c10-6-3-5(12)4-7(8(6)11)18(15,16)14-9-13-1-2-17-9/h1-4H,12H2,(H,13,14). The first-order chi connectivity index (χ1) is 8.40. The van der Waals surface area contributed by atoms with E-state index in [0.717, 1.165) is 17.4 Å². The summed E-state index contributed by atoms with van der Waals surface area (Å²) in [5.41, 5.74) is 5.64. The van der Waals surface area contributed by atoms with Gasteiger partial charge >= 0.3 is 0 Å². The van der Waals surface area contributed by atoms with Gasteiger partial charge in [-0.05, 0) is 28.1 Å². The molecule has 0 unspecified atom stereocenters. The highest BCUT2D eigenvalue weighted by Gasteiger charge is 2.22. The number of halogens is 2. The number of benzene rings is 1. The fourth-order valence-corrected chi connectivity index (χ4v) is 3.76. The maximum Gasteiger partial charge on any atom is 0.266 e. The lowest BCUT2D eigenvalue weighted by Crippen LogP contribution is -2.15. The average molecular weight is 352 g/mol. The number of nitrogens with one attached hydrogen (secondary N) is 1. The molecule has 0 fully saturated rings. The Labute approximate surface area is 115 Å². The highest BCUT2D eigenvalue weighted by molar-refractivity contribution is 9.10. The Morgan fingerprint density at radius 3 is 2.78 bits per heavy atom. The summed E-state index contributed by atoms with van der Waals surface area (Å²) in [6.07, 6.45) is 1.44. The van der Waals surface area contributed by atoms with Crippen LogP contribution in [0.2, 0.25) is 0 Å². The first-order valence-corrected chi connectivity index (χ1v) is 7.72. The zero-order valence-corrected chi connectivity index (χ0v) is 11.9. The molecule has 0 spiro atoms. The van der Waals surface area contributed by atoms with Crippen molar-refractivity contribution in [2.45, 2.75) is 4.90 Å². The van der Waals surface area contributed by atoms with E-state index in [9.17, 15) is 12.8 Å². The van der Waals surface area contributed by atoms with Gasteiger partial charge in [0.1, 0.15) is 4.90 Å². The molecule has 0 radical (unpaired) electrons. The number of nitrogen functional groups attached to an aromatic ring is 1. The fourth-order valence-electron chi connectivity index (χ4n) is 1.22. The Kier molecular flexibility index (Phi) is 3.55. The van der Waals surface area contributed by atoms with Gasteiger partial charge in [-0.25, -0.2) is 17.8 Å². The summed E-state index contributed by atoms with van der Waals surface area (Å²) in [4.78, 5) is 3.24. The molecular weight excluding hydrogens is 345 g/mol. The zero-order chi connectivity index (χ0) is 13.3. The van der Waals surface area contributed by atoms with Crippen molar-refractivity contribution in [3.05, 3.63) is 34.0 Å². The Balaban J connectivity index is 2.48. The number of hydrogen-bond donors (Lipinski definition) is 2. The maximum absolute atomic E-state index is 13.8. The van der Waals surface area contributed by atoms with Crippen molar-refractivity contribution < 1.29 is 12.8 Å². The summed E-state index contributed by atoms with van der Waals surface area (Å²) in [6.45, 7) is 0. The number of nitrogens with zero attached hydrogens (tertiary/aromatic N) is 1. The molecule has 9 heteroatoms. The molecule has 0 aliphatic heterocycles. The maximum atomic E-state index is 13.8. The van der Waals surface area contributed by atoms with Crippen LogP contribution in [0.25, 0.3) is 0 Å². The second kappa shape index (κ2) is 4.82. The van der Waals surface area contributed by atoms with Crippen LogP contribution < -0.4 is 10.5 Å². The van der Waals surface area contributed by atoms with E-state index in [1.807, 2.05) is 0 Å². The first kappa shape index (κ1) is 13.2. The fraction of sp³-hybridized carbons (Fsp3) is 0. The summed E-state index contributed by atoms with van der Waals surface area (Å²) >= 11 is 4.00. The Morgan fingerprint density at radius 1 is 1.44 bits per heavy atom. The number of aromatic nitrogens is 1. The largest absolute Gasteiger partial charge is 0.399 e. The average Bonchev–Trinajstić information content (AvgIpc) is 2.75. The lowest BCUT2D eigenvalue weighted by Gasteiger charge is -2.08. The van der Waals surface area contributed by atoms with Gasteiger partial charge in [-0.3, -0.25) is 4.72 Å². The minimum absolute atomic E-state index is 0.0120. The van der Waals surface area contributed by atoms with E-state index in [0.29, 0.717) is 0 Å². The van der Waals surface area contributed by atoms with E-state index in [4.69, 9.17) is 5.73 Å². The number of nitrogens with two attached hydrogens (primary N) is 1. The summed E-state index contributed by atoms with van der Waals surface area (Å²) < 4.78 is 39.9. The van der Waals surface area contributed by atoms with E-state index in [2.05, 4.69) is 25.6 Å². The Hall–Kier alpha value is -1.19. The predicted octanol–water partition coefficient (Wildman–Crippen LogP) is 2.43. The molecule has 2 rings (SSSR count). The molecule has 1 aromatic carbocycles. The molecule has 0 aliphatic rings. The van der Waals surface area contributed by atoms with Crippen molar-refractivity contribution in [1.82, 2.24) is 4.98 Å². The SMILES string of the molecule is Nc1cc(Br)c(F)c(S(=O)(=O)Nc2nccs2)c1. The van der Waals surface area contributed by atoms with Crippen molar-refractivity contribution in [3.63, 3.8) is 0 Å². The van der Waals surface area contributed by atoms with Crippen LogP contribution in [-0.4, -0.2) is 13.4 Å². The van der Waals surface area contributed by atoms with E-state index >= 15 is 0 Å². The topological polar surface area (TPSA) is 85.1 Å². The summed E-state index contributed by atoms with van der Waals surface area (Å²) in [5, 5.41) is 1.76. The van der Waals surface area contributed by atoms with E-state index in [-0.39, 0.29) is 15.3 Å². The molecule has 0 bridgehead atoms. The van der Waals surface area contributed by atoms with Crippen LogP contribution in [0.1, 0.15) is 0 Å². The summed E-state index contributed by atoms with van der Waals surface area (Å²) in [6, 6.07) is 2.34. The molecule has 1 heterocycles. The number of sulfonamides is 1. The third-order valence-electron chi connectivity index (χ3n) is 1.96. The Morgan fingerprint density at radius 2 is 2.17 bits per heavy atom. The van der Waals surface area contributed by atoms with Crippen LogP contribution in [-0.2, 0) is 10.0 Å². The van der Waals surface area contributed by atoms with Gasteiger partial charge in [0, 0.05) is 17.3 Å². The van der Waals surface area contributed by atoms with Gasteiger partial charge in [-0.15, -0.1) is 11.3 Å².